The lowest BCUT2D eigenvalue weighted by molar-refractivity contribution is 0.197. The number of likely N-dealkylation sites (tertiary alicyclic amines) is 1. The Bertz CT molecular complexity index is 600. The summed E-state index contributed by atoms with van der Waals surface area (Å²) in [5.74, 6) is 1.96. The van der Waals surface area contributed by atoms with Crippen molar-refractivity contribution in [1.29, 1.82) is 0 Å². The van der Waals surface area contributed by atoms with Crippen LogP contribution in [0, 0.1) is 12.8 Å². The van der Waals surface area contributed by atoms with Crippen molar-refractivity contribution in [3.63, 3.8) is 0 Å². The van der Waals surface area contributed by atoms with Crippen LogP contribution in [0.1, 0.15) is 29.7 Å². The molecule has 3 rings (SSSR count). The topological polar surface area (TPSA) is 58.3 Å². The fraction of sp³-hybridized carbons (Fsp3) is 0.562. The highest BCUT2D eigenvalue weighted by Crippen LogP contribution is 2.36. The lowest BCUT2D eigenvalue weighted by atomic mass is 9.94. The van der Waals surface area contributed by atoms with Gasteiger partial charge in [-0.2, -0.15) is 4.98 Å². The summed E-state index contributed by atoms with van der Waals surface area (Å²) in [6.45, 7) is 4.67. The van der Waals surface area contributed by atoms with Gasteiger partial charge < -0.3 is 4.52 Å². The molecule has 0 unspecified atom stereocenters. The minimum absolute atomic E-state index is 0.431. The molecule has 1 fully saturated rings. The van der Waals surface area contributed by atoms with Crippen molar-refractivity contribution in [2.24, 2.45) is 5.92 Å². The molecular weight excluding hydrogens is 278 g/mol. The summed E-state index contributed by atoms with van der Waals surface area (Å²) in [6.07, 6.45) is 5.02. The molecular formula is C16H23N5O. The van der Waals surface area contributed by atoms with E-state index in [0.29, 0.717) is 30.2 Å². The van der Waals surface area contributed by atoms with Gasteiger partial charge in [-0.1, -0.05) is 11.2 Å². The Morgan fingerprint density at radius 1 is 1.45 bits per heavy atom. The van der Waals surface area contributed by atoms with Crippen LogP contribution in [-0.4, -0.2) is 52.1 Å². The molecule has 0 bridgehead atoms. The predicted molar refractivity (Wildman–Crippen MR) is 83.1 cm³/mol. The summed E-state index contributed by atoms with van der Waals surface area (Å²) in [4.78, 5) is 13.2. The van der Waals surface area contributed by atoms with Crippen molar-refractivity contribution in [2.45, 2.75) is 25.9 Å². The van der Waals surface area contributed by atoms with Crippen molar-refractivity contribution in [3.8, 4) is 0 Å². The van der Waals surface area contributed by atoms with Gasteiger partial charge in [0.25, 0.3) is 0 Å². The van der Waals surface area contributed by atoms with Gasteiger partial charge in [0.1, 0.15) is 0 Å². The SMILES string of the molecule is Cc1noc(CN(C)C[C@@H]2CCN(C)[C@H]2c2cccnc2)n1. The Morgan fingerprint density at radius 2 is 2.32 bits per heavy atom. The monoisotopic (exact) mass is 301 g/mol. The van der Waals surface area contributed by atoms with E-state index in [4.69, 9.17) is 4.52 Å². The van der Waals surface area contributed by atoms with E-state index in [0.717, 1.165) is 13.1 Å². The summed E-state index contributed by atoms with van der Waals surface area (Å²) >= 11 is 0. The molecule has 0 aliphatic carbocycles. The van der Waals surface area contributed by atoms with Gasteiger partial charge in [0.2, 0.25) is 5.89 Å². The van der Waals surface area contributed by atoms with E-state index in [-0.39, 0.29) is 0 Å². The van der Waals surface area contributed by atoms with E-state index in [9.17, 15) is 0 Å². The zero-order valence-electron chi connectivity index (χ0n) is 13.4. The van der Waals surface area contributed by atoms with Crippen LogP contribution >= 0.6 is 0 Å². The Morgan fingerprint density at radius 3 is 3.00 bits per heavy atom. The van der Waals surface area contributed by atoms with Crippen LogP contribution in [0.4, 0.5) is 0 Å². The van der Waals surface area contributed by atoms with Crippen molar-refractivity contribution in [2.75, 3.05) is 27.2 Å². The Hall–Kier alpha value is -1.79. The first-order valence-corrected chi connectivity index (χ1v) is 7.71. The number of hydrogen-bond acceptors (Lipinski definition) is 6. The van der Waals surface area contributed by atoms with Crippen LogP contribution in [0.25, 0.3) is 0 Å². The molecule has 1 aliphatic rings. The smallest absolute Gasteiger partial charge is 0.240 e. The van der Waals surface area contributed by atoms with E-state index in [1.54, 1.807) is 0 Å². The number of nitrogens with zero attached hydrogens (tertiary/aromatic N) is 5. The van der Waals surface area contributed by atoms with E-state index < -0.39 is 0 Å². The van der Waals surface area contributed by atoms with Crippen molar-refractivity contribution in [1.82, 2.24) is 24.9 Å². The maximum absolute atomic E-state index is 5.21. The van der Waals surface area contributed by atoms with Gasteiger partial charge in [0, 0.05) is 25.0 Å². The third-order valence-electron chi connectivity index (χ3n) is 4.32. The molecule has 6 nitrogen and oxygen atoms in total. The molecule has 2 atom stereocenters. The summed E-state index contributed by atoms with van der Waals surface area (Å²) in [7, 11) is 4.30. The number of hydrogen-bond donors (Lipinski definition) is 0. The lowest BCUT2D eigenvalue weighted by Crippen LogP contribution is -2.30. The van der Waals surface area contributed by atoms with Gasteiger partial charge in [0.05, 0.1) is 6.54 Å². The molecule has 0 saturated carbocycles. The first-order chi connectivity index (χ1) is 10.6. The van der Waals surface area contributed by atoms with Gasteiger partial charge in [-0.15, -0.1) is 0 Å². The molecule has 2 aromatic heterocycles. The van der Waals surface area contributed by atoms with Gasteiger partial charge in [-0.3, -0.25) is 14.8 Å². The normalized spacial score (nSPS) is 22.5. The average molecular weight is 301 g/mol. The summed E-state index contributed by atoms with van der Waals surface area (Å²) in [6, 6.07) is 4.62. The van der Waals surface area contributed by atoms with E-state index in [2.05, 4.69) is 45.1 Å². The van der Waals surface area contributed by atoms with Crippen LogP contribution in [0.2, 0.25) is 0 Å². The summed E-state index contributed by atoms with van der Waals surface area (Å²) in [5.41, 5.74) is 1.30. The quantitative estimate of drug-likeness (QED) is 0.840. The van der Waals surface area contributed by atoms with Crippen LogP contribution in [-0.2, 0) is 6.54 Å². The van der Waals surface area contributed by atoms with Crippen molar-refractivity contribution >= 4 is 0 Å². The van der Waals surface area contributed by atoms with Crippen LogP contribution in [0.3, 0.4) is 0 Å². The highest BCUT2D eigenvalue weighted by molar-refractivity contribution is 5.17. The number of aryl methyl sites for hydroxylation is 1. The number of rotatable bonds is 5. The van der Waals surface area contributed by atoms with E-state index in [1.807, 2.05) is 25.4 Å². The number of aromatic nitrogens is 3. The van der Waals surface area contributed by atoms with E-state index >= 15 is 0 Å². The highest BCUT2D eigenvalue weighted by Gasteiger charge is 2.33. The first kappa shape index (κ1) is 15.1. The molecule has 1 aliphatic heterocycles. The second-order valence-corrected chi connectivity index (χ2v) is 6.19. The molecule has 22 heavy (non-hydrogen) atoms. The Kier molecular flexibility index (Phi) is 4.49. The molecule has 0 spiro atoms. The molecule has 118 valence electrons. The summed E-state index contributed by atoms with van der Waals surface area (Å²) < 4.78 is 5.21. The average Bonchev–Trinajstić information content (AvgIpc) is 3.06. The Labute approximate surface area is 131 Å². The predicted octanol–water partition coefficient (Wildman–Crippen LogP) is 1.90. The maximum Gasteiger partial charge on any atom is 0.240 e. The highest BCUT2D eigenvalue weighted by atomic mass is 16.5. The lowest BCUT2D eigenvalue weighted by Gasteiger charge is -2.28. The zero-order chi connectivity index (χ0) is 15.5. The van der Waals surface area contributed by atoms with Gasteiger partial charge >= 0.3 is 0 Å². The maximum atomic E-state index is 5.21. The molecule has 6 heteroatoms. The minimum Gasteiger partial charge on any atom is -0.338 e. The zero-order valence-corrected chi connectivity index (χ0v) is 13.4. The van der Waals surface area contributed by atoms with Crippen molar-refractivity contribution in [3.05, 3.63) is 41.8 Å². The van der Waals surface area contributed by atoms with Crippen LogP contribution < -0.4 is 0 Å². The molecule has 0 aromatic carbocycles. The standard InChI is InChI=1S/C16H23N5O/c1-12-18-15(22-19-12)11-20(2)10-14-6-8-21(3)16(14)13-5-4-7-17-9-13/h4-5,7,9,14,16H,6,8,10-11H2,1-3H3/t14-,16-/m0/s1. The first-order valence-electron chi connectivity index (χ1n) is 7.71. The minimum atomic E-state index is 0.431. The molecule has 0 amide bonds. The fourth-order valence-electron chi connectivity index (χ4n) is 3.40. The van der Waals surface area contributed by atoms with Crippen LogP contribution in [0.15, 0.2) is 29.0 Å². The second kappa shape index (κ2) is 6.54. The molecule has 0 N–H and O–H groups in total. The number of pyridine rings is 1. The summed E-state index contributed by atoms with van der Waals surface area (Å²) in [5, 5.41) is 3.85. The van der Waals surface area contributed by atoms with E-state index in [1.165, 1.54) is 12.0 Å². The van der Waals surface area contributed by atoms with Crippen LogP contribution in [0.5, 0.6) is 0 Å². The van der Waals surface area contributed by atoms with Gasteiger partial charge in [0.15, 0.2) is 5.82 Å². The van der Waals surface area contributed by atoms with Crippen molar-refractivity contribution < 1.29 is 4.52 Å². The van der Waals surface area contributed by atoms with Gasteiger partial charge in [-0.05, 0) is 51.5 Å². The molecule has 2 aromatic rings. The van der Waals surface area contributed by atoms with Gasteiger partial charge in [-0.25, -0.2) is 0 Å². The largest absolute Gasteiger partial charge is 0.338 e. The second-order valence-electron chi connectivity index (χ2n) is 6.19. The Balaban J connectivity index is 1.65. The molecule has 3 heterocycles. The molecule has 0 radical (unpaired) electrons. The third-order valence-corrected chi connectivity index (χ3v) is 4.32. The third kappa shape index (κ3) is 3.34. The molecule has 1 saturated heterocycles. The fourth-order valence-corrected chi connectivity index (χ4v) is 3.40.